The number of likely N-dealkylation sites (tertiary alicyclic amines) is 1. The Labute approximate surface area is 172 Å². The predicted octanol–water partition coefficient (Wildman–Crippen LogP) is 3.39. The highest BCUT2D eigenvalue weighted by Gasteiger charge is 2.26. The first-order chi connectivity index (χ1) is 13.5. The Kier molecular flexibility index (Phi) is 7.08. The van der Waals surface area contributed by atoms with Crippen molar-refractivity contribution in [2.45, 2.75) is 12.8 Å². The number of carbonyl (C=O) groups excluding carboxylic acids is 2. The highest BCUT2D eigenvalue weighted by molar-refractivity contribution is 6.35. The number of amides is 2. The molecule has 1 aliphatic rings. The number of hydrogen-bond donors (Lipinski definition) is 2. The van der Waals surface area contributed by atoms with Crippen molar-refractivity contribution in [1.82, 2.24) is 10.3 Å². The van der Waals surface area contributed by atoms with Gasteiger partial charge in [-0.05, 0) is 43.7 Å². The Morgan fingerprint density at radius 3 is 2.96 bits per heavy atom. The van der Waals surface area contributed by atoms with E-state index < -0.39 is 0 Å². The van der Waals surface area contributed by atoms with Gasteiger partial charge in [-0.25, -0.2) is 5.43 Å². The second-order valence-electron chi connectivity index (χ2n) is 6.54. The third kappa shape index (κ3) is 5.82. The summed E-state index contributed by atoms with van der Waals surface area (Å²) >= 11 is 12.0. The summed E-state index contributed by atoms with van der Waals surface area (Å²) < 4.78 is 4.93. The van der Waals surface area contributed by atoms with E-state index in [1.54, 1.807) is 24.3 Å². The molecule has 7 nitrogen and oxygen atoms in total. The fraction of sp³-hybridized carbons (Fsp3) is 0.316. The molecule has 1 unspecified atom stereocenters. The van der Waals surface area contributed by atoms with Crippen LogP contribution in [0.5, 0.6) is 0 Å². The molecule has 148 valence electrons. The lowest BCUT2D eigenvalue weighted by atomic mass is 9.97. The fourth-order valence-electron chi connectivity index (χ4n) is 3.01. The molecule has 28 heavy (non-hydrogen) atoms. The highest BCUT2D eigenvalue weighted by atomic mass is 35.5. The summed E-state index contributed by atoms with van der Waals surface area (Å²) in [6.07, 6.45) is 6.16. The van der Waals surface area contributed by atoms with Gasteiger partial charge in [0.25, 0.3) is 0 Å². The van der Waals surface area contributed by atoms with E-state index in [9.17, 15) is 9.59 Å². The van der Waals surface area contributed by atoms with Crippen molar-refractivity contribution >= 4 is 46.9 Å². The molecule has 9 heteroatoms. The third-order valence-corrected chi connectivity index (χ3v) is 4.94. The summed E-state index contributed by atoms with van der Waals surface area (Å²) in [5, 5.41) is 7.61. The van der Waals surface area contributed by atoms with Crippen molar-refractivity contribution < 1.29 is 14.0 Å². The Bertz CT molecular complexity index is 855. The van der Waals surface area contributed by atoms with Gasteiger partial charge in [0.2, 0.25) is 11.8 Å². The van der Waals surface area contributed by atoms with Crippen LogP contribution in [0.2, 0.25) is 10.0 Å². The molecule has 0 aliphatic carbocycles. The summed E-state index contributed by atoms with van der Waals surface area (Å²) in [6, 6.07) is 6.63. The molecule has 2 aromatic rings. The smallest absolute Gasteiger partial charge is 0.244 e. The van der Waals surface area contributed by atoms with Crippen LogP contribution in [0.3, 0.4) is 0 Å². The number of hydrogen-bond acceptors (Lipinski definition) is 5. The Hall–Kier alpha value is -2.35. The van der Waals surface area contributed by atoms with Crippen LogP contribution >= 0.6 is 23.2 Å². The molecule has 2 N–H and O–H groups in total. The lowest BCUT2D eigenvalue weighted by Crippen LogP contribution is -2.44. The van der Waals surface area contributed by atoms with Crippen LogP contribution in [-0.4, -0.2) is 42.6 Å². The molecule has 0 radical (unpaired) electrons. The third-order valence-electron chi connectivity index (χ3n) is 4.38. The molecular formula is C19H20Cl2N4O3. The van der Waals surface area contributed by atoms with Crippen LogP contribution < -0.4 is 10.7 Å². The number of piperidine rings is 1. The van der Waals surface area contributed by atoms with Crippen molar-refractivity contribution in [1.29, 1.82) is 0 Å². The fourth-order valence-corrected chi connectivity index (χ4v) is 3.35. The van der Waals surface area contributed by atoms with Gasteiger partial charge in [-0.1, -0.05) is 23.2 Å². The average Bonchev–Trinajstić information content (AvgIpc) is 3.18. The van der Waals surface area contributed by atoms with E-state index in [1.807, 2.05) is 4.90 Å². The number of rotatable bonds is 6. The first-order valence-electron chi connectivity index (χ1n) is 8.83. The van der Waals surface area contributed by atoms with E-state index in [0.29, 0.717) is 22.3 Å². The summed E-state index contributed by atoms with van der Waals surface area (Å²) in [6.45, 7) is 1.41. The van der Waals surface area contributed by atoms with Gasteiger partial charge in [-0.2, -0.15) is 5.10 Å². The van der Waals surface area contributed by atoms with Crippen LogP contribution in [-0.2, 0) is 9.59 Å². The summed E-state index contributed by atoms with van der Waals surface area (Å²) in [7, 11) is 0. The van der Waals surface area contributed by atoms with Crippen LogP contribution in [0.1, 0.15) is 18.4 Å². The predicted molar refractivity (Wildman–Crippen MR) is 109 cm³/mol. The Morgan fingerprint density at radius 1 is 1.32 bits per heavy atom. The zero-order chi connectivity index (χ0) is 19.9. The van der Waals surface area contributed by atoms with Gasteiger partial charge in [0.05, 0.1) is 41.9 Å². The summed E-state index contributed by atoms with van der Waals surface area (Å²) in [4.78, 5) is 26.6. The van der Waals surface area contributed by atoms with Crippen molar-refractivity contribution in [2.24, 2.45) is 11.0 Å². The van der Waals surface area contributed by atoms with Crippen molar-refractivity contribution in [3.8, 4) is 0 Å². The Morgan fingerprint density at radius 2 is 2.18 bits per heavy atom. The van der Waals surface area contributed by atoms with Crippen LogP contribution in [0.4, 0.5) is 5.69 Å². The topological polar surface area (TPSA) is 86.9 Å². The lowest BCUT2D eigenvalue weighted by Gasteiger charge is -2.31. The minimum Gasteiger partial charge on any atom is -0.472 e. The molecule has 0 spiro atoms. The number of furan rings is 1. The maximum Gasteiger partial charge on any atom is 0.244 e. The molecule has 1 aromatic heterocycles. The van der Waals surface area contributed by atoms with Crippen molar-refractivity contribution in [3.63, 3.8) is 0 Å². The second-order valence-corrected chi connectivity index (χ2v) is 7.38. The van der Waals surface area contributed by atoms with Gasteiger partial charge in [-0.15, -0.1) is 0 Å². The second kappa shape index (κ2) is 9.73. The van der Waals surface area contributed by atoms with Crippen LogP contribution in [0.25, 0.3) is 0 Å². The average molecular weight is 423 g/mol. The van der Waals surface area contributed by atoms with Gasteiger partial charge in [0.1, 0.15) is 0 Å². The van der Waals surface area contributed by atoms with E-state index in [0.717, 1.165) is 24.9 Å². The zero-order valence-corrected chi connectivity index (χ0v) is 16.5. The number of anilines is 1. The van der Waals surface area contributed by atoms with E-state index in [2.05, 4.69) is 15.8 Å². The highest BCUT2D eigenvalue weighted by Crippen LogP contribution is 2.25. The maximum absolute atomic E-state index is 12.3. The number of benzene rings is 1. The van der Waals surface area contributed by atoms with Gasteiger partial charge >= 0.3 is 0 Å². The molecule has 1 fully saturated rings. The molecule has 2 amide bonds. The Balaban J connectivity index is 1.49. The van der Waals surface area contributed by atoms with Crippen molar-refractivity contribution in [2.75, 3.05) is 25.0 Å². The van der Waals surface area contributed by atoms with Crippen LogP contribution in [0.15, 0.2) is 46.3 Å². The van der Waals surface area contributed by atoms with Gasteiger partial charge in [0, 0.05) is 17.1 Å². The van der Waals surface area contributed by atoms with Gasteiger partial charge in [0.15, 0.2) is 0 Å². The minimum absolute atomic E-state index is 0.164. The van der Waals surface area contributed by atoms with Crippen LogP contribution in [0, 0.1) is 5.92 Å². The van der Waals surface area contributed by atoms with Crippen molar-refractivity contribution in [3.05, 3.63) is 52.4 Å². The molecule has 0 saturated carbocycles. The lowest BCUT2D eigenvalue weighted by molar-refractivity contribution is -0.127. The van der Waals surface area contributed by atoms with E-state index in [1.165, 1.54) is 18.7 Å². The molecule has 1 aliphatic heterocycles. The first-order valence-corrected chi connectivity index (χ1v) is 9.59. The maximum atomic E-state index is 12.3. The number of hydrazone groups is 1. The van der Waals surface area contributed by atoms with E-state index in [-0.39, 0.29) is 24.3 Å². The molecule has 1 saturated heterocycles. The molecule has 1 aromatic carbocycles. The van der Waals surface area contributed by atoms with Gasteiger partial charge < -0.3 is 9.73 Å². The first kappa shape index (κ1) is 20.4. The number of nitrogens with zero attached hydrogens (tertiary/aromatic N) is 2. The molecule has 3 rings (SSSR count). The summed E-state index contributed by atoms with van der Waals surface area (Å²) in [5.74, 6) is -0.594. The quantitative estimate of drug-likeness (QED) is 0.551. The number of nitrogens with one attached hydrogen (secondary N) is 2. The molecule has 1 atom stereocenters. The minimum atomic E-state index is -0.224. The molecule has 0 bridgehead atoms. The van der Waals surface area contributed by atoms with Gasteiger partial charge in [-0.3, -0.25) is 14.5 Å². The summed E-state index contributed by atoms with van der Waals surface area (Å²) in [5.41, 5.74) is 3.78. The number of carbonyl (C=O) groups is 2. The largest absolute Gasteiger partial charge is 0.472 e. The normalized spacial score (nSPS) is 17.6. The van der Waals surface area contributed by atoms with E-state index >= 15 is 0 Å². The standard InChI is InChI=1S/C19H20Cl2N4O3/c20-15-3-4-16(21)17(8-15)23-18(26)11-25-6-1-2-14(10-25)19(27)24-22-9-13-5-7-28-12-13/h3-5,7-9,12,14H,1-2,6,10-11H2,(H,23,26)(H,24,27)/b22-9+. The zero-order valence-electron chi connectivity index (χ0n) is 15.0. The number of halogens is 2. The van der Waals surface area contributed by atoms with E-state index in [4.69, 9.17) is 27.6 Å². The molecule has 2 heterocycles. The monoisotopic (exact) mass is 422 g/mol. The SMILES string of the molecule is O=C(CN1CCCC(C(=O)N/N=C/c2ccoc2)C1)Nc1cc(Cl)ccc1Cl. The molecular weight excluding hydrogens is 403 g/mol.